The van der Waals surface area contributed by atoms with Crippen molar-refractivity contribution in [1.29, 1.82) is 0 Å². The summed E-state index contributed by atoms with van der Waals surface area (Å²) in [6.45, 7) is 1.24. The van der Waals surface area contributed by atoms with E-state index in [9.17, 15) is 18.0 Å². The first-order valence-corrected chi connectivity index (χ1v) is 8.36. The van der Waals surface area contributed by atoms with E-state index >= 15 is 0 Å². The SMILES string of the molecule is O=C(Cc1ccncc1)N1CCOC(Cc2cccc(C(F)(F)F)c2)C1. The number of pyridine rings is 1. The zero-order valence-corrected chi connectivity index (χ0v) is 14.1. The van der Waals surface area contributed by atoms with Crippen LogP contribution >= 0.6 is 0 Å². The Labute approximate surface area is 149 Å². The molecule has 0 N–H and O–H groups in total. The van der Waals surface area contributed by atoms with E-state index < -0.39 is 11.7 Å². The van der Waals surface area contributed by atoms with Crippen LogP contribution in [0, 0.1) is 0 Å². The van der Waals surface area contributed by atoms with Crippen LogP contribution in [0.25, 0.3) is 0 Å². The fraction of sp³-hybridized carbons (Fsp3) is 0.368. The molecule has 1 aliphatic heterocycles. The predicted molar refractivity (Wildman–Crippen MR) is 89.4 cm³/mol. The molecule has 1 aromatic carbocycles. The Hall–Kier alpha value is -2.41. The molecule has 26 heavy (non-hydrogen) atoms. The number of morpholine rings is 1. The van der Waals surface area contributed by atoms with E-state index in [-0.39, 0.29) is 18.4 Å². The third kappa shape index (κ3) is 4.82. The van der Waals surface area contributed by atoms with Crippen LogP contribution in [0.1, 0.15) is 16.7 Å². The van der Waals surface area contributed by atoms with Gasteiger partial charge in [-0.3, -0.25) is 9.78 Å². The topological polar surface area (TPSA) is 42.4 Å². The predicted octanol–water partition coefficient (Wildman–Crippen LogP) is 3.11. The highest BCUT2D eigenvalue weighted by Gasteiger charge is 2.31. The number of halogens is 3. The Bertz CT molecular complexity index is 750. The largest absolute Gasteiger partial charge is 0.416 e. The number of nitrogens with zero attached hydrogens (tertiary/aromatic N) is 2. The molecule has 1 aromatic heterocycles. The number of benzene rings is 1. The first kappa shape index (κ1) is 18.4. The molecule has 4 nitrogen and oxygen atoms in total. The van der Waals surface area contributed by atoms with Gasteiger partial charge < -0.3 is 9.64 Å². The van der Waals surface area contributed by atoms with Gasteiger partial charge in [0.1, 0.15) is 0 Å². The summed E-state index contributed by atoms with van der Waals surface area (Å²) in [6, 6.07) is 8.82. The molecule has 0 spiro atoms. The number of carbonyl (C=O) groups excluding carboxylic acids is 1. The molecule has 0 saturated carbocycles. The van der Waals surface area contributed by atoms with E-state index in [0.29, 0.717) is 31.7 Å². The zero-order chi connectivity index (χ0) is 18.6. The minimum atomic E-state index is -4.37. The summed E-state index contributed by atoms with van der Waals surface area (Å²) in [4.78, 5) is 18.1. The van der Waals surface area contributed by atoms with E-state index in [0.717, 1.165) is 17.7 Å². The Kier molecular flexibility index (Phi) is 5.56. The zero-order valence-electron chi connectivity index (χ0n) is 14.1. The number of hydrogen-bond donors (Lipinski definition) is 0. The first-order chi connectivity index (χ1) is 12.4. The average molecular weight is 364 g/mol. The minimum Gasteiger partial charge on any atom is -0.374 e. The van der Waals surface area contributed by atoms with Crippen molar-refractivity contribution in [3.05, 3.63) is 65.5 Å². The van der Waals surface area contributed by atoms with Gasteiger partial charge in [0.15, 0.2) is 0 Å². The van der Waals surface area contributed by atoms with Gasteiger partial charge in [0, 0.05) is 31.9 Å². The Morgan fingerprint density at radius 3 is 2.69 bits per heavy atom. The summed E-state index contributed by atoms with van der Waals surface area (Å²) < 4.78 is 44.2. The van der Waals surface area contributed by atoms with Crippen molar-refractivity contribution in [3.8, 4) is 0 Å². The normalized spacial score (nSPS) is 18.0. The lowest BCUT2D eigenvalue weighted by Gasteiger charge is -2.33. The number of carbonyl (C=O) groups is 1. The van der Waals surface area contributed by atoms with E-state index in [1.54, 1.807) is 35.5 Å². The lowest BCUT2D eigenvalue weighted by molar-refractivity contribution is -0.138. The van der Waals surface area contributed by atoms with Crippen LogP contribution in [0.15, 0.2) is 48.8 Å². The van der Waals surface area contributed by atoms with Crippen molar-refractivity contribution < 1.29 is 22.7 Å². The van der Waals surface area contributed by atoms with Crippen LogP contribution in [0.3, 0.4) is 0 Å². The molecule has 1 aliphatic rings. The molecule has 1 atom stereocenters. The lowest BCUT2D eigenvalue weighted by Crippen LogP contribution is -2.46. The molecular formula is C19H19F3N2O2. The van der Waals surface area contributed by atoms with Gasteiger partial charge in [-0.15, -0.1) is 0 Å². The third-order valence-corrected chi connectivity index (χ3v) is 4.31. The van der Waals surface area contributed by atoms with Gasteiger partial charge in [0.2, 0.25) is 5.91 Å². The molecule has 1 fully saturated rings. The number of aromatic nitrogens is 1. The number of rotatable bonds is 4. The molecule has 1 unspecified atom stereocenters. The van der Waals surface area contributed by atoms with Gasteiger partial charge in [0.25, 0.3) is 0 Å². The van der Waals surface area contributed by atoms with Gasteiger partial charge in [-0.2, -0.15) is 13.2 Å². The second-order valence-electron chi connectivity index (χ2n) is 6.27. The van der Waals surface area contributed by atoms with Crippen molar-refractivity contribution in [3.63, 3.8) is 0 Å². The maximum atomic E-state index is 12.8. The Morgan fingerprint density at radius 2 is 1.96 bits per heavy atom. The van der Waals surface area contributed by atoms with Crippen molar-refractivity contribution >= 4 is 5.91 Å². The molecule has 7 heteroatoms. The number of alkyl halides is 3. The number of ether oxygens (including phenoxy) is 1. The Balaban J connectivity index is 1.61. The van der Waals surface area contributed by atoms with Crippen LogP contribution < -0.4 is 0 Å². The third-order valence-electron chi connectivity index (χ3n) is 4.31. The van der Waals surface area contributed by atoms with E-state index in [4.69, 9.17) is 4.74 Å². The van der Waals surface area contributed by atoms with Gasteiger partial charge in [0.05, 0.1) is 24.7 Å². The average Bonchev–Trinajstić information content (AvgIpc) is 2.62. The summed E-state index contributed by atoms with van der Waals surface area (Å²) in [7, 11) is 0. The van der Waals surface area contributed by atoms with Crippen molar-refractivity contribution in [2.24, 2.45) is 0 Å². The van der Waals surface area contributed by atoms with Crippen LogP contribution in [0.5, 0.6) is 0 Å². The van der Waals surface area contributed by atoms with Gasteiger partial charge in [-0.05, 0) is 29.3 Å². The highest BCUT2D eigenvalue weighted by molar-refractivity contribution is 5.78. The number of hydrogen-bond acceptors (Lipinski definition) is 3. The summed E-state index contributed by atoms with van der Waals surface area (Å²) >= 11 is 0. The van der Waals surface area contributed by atoms with Gasteiger partial charge >= 0.3 is 6.18 Å². The van der Waals surface area contributed by atoms with Crippen molar-refractivity contribution in [2.45, 2.75) is 25.1 Å². The number of amides is 1. The van der Waals surface area contributed by atoms with E-state index in [2.05, 4.69) is 4.98 Å². The highest BCUT2D eigenvalue weighted by atomic mass is 19.4. The second kappa shape index (κ2) is 7.86. The molecule has 2 aromatic rings. The Morgan fingerprint density at radius 1 is 1.19 bits per heavy atom. The fourth-order valence-electron chi connectivity index (χ4n) is 2.99. The van der Waals surface area contributed by atoms with Crippen molar-refractivity contribution in [2.75, 3.05) is 19.7 Å². The van der Waals surface area contributed by atoms with Gasteiger partial charge in [-0.1, -0.05) is 18.2 Å². The molecule has 138 valence electrons. The monoisotopic (exact) mass is 364 g/mol. The first-order valence-electron chi connectivity index (χ1n) is 8.36. The van der Waals surface area contributed by atoms with Crippen LogP contribution in [-0.2, 0) is 28.5 Å². The maximum Gasteiger partial charge on any atom is 0.416 e. The van der Waals surface area contributed by atoms with Crippen LogP contribution in [0.2, 0.25) is 0 Å². The smallest absolute Gasteiger partial charge is 0.374 e. The maximum absolute atomic E-state index is 12.8. The minimum absolute atomic E-state index is 0.0199. The van der Waals surface area contributed by atoms with Crippen LogP contribution in [-0.4, -0.2) is 41.6 Å². The highest BCUT2D eigenvalue weighted by Crippen LogP contribution is 2.30. The van der Waals surface area contributed by atoms with Gasteiger partial charge in [-0.25, -0.2) is 0 Å². The molecule has 2 heterocycles. The van der Waals surface area contributed by atoms with E-state index in [1.807, 2.05) is 0 Å². The molecule has 1 amide bonds. The summed E-state index contributed by atoms with van der Waals surface area (Å²) in [6.07, 6.45) is -0.789. The summed E-state index contributed by atoms with van der Waals surface area (Å²) in [5, 5.41) is 0. The summed E-state index contributed by atoms with van der Waals surface area (Å²) in [5.74, 6) is -0.0199. The lowest BCUT2D eigenvalue weighted by atomic mass is 10.0. The quantitative estimate of drug-likeness (QED) is 0.837. The standard InChI is InChI=1S/C19H19F3N2O2/c20-19(21,22)16-3-1-2-15(10-16)11-17-13-24(8-9-26-17)18(25)12-14-4-6-23-7-5-14/h1-7,10,17H,8-9,11-13H2. The molecule has 0 radical (unpaired) electrons. The van der Waals surface area contributed by atoms with E-state index in [1.165, 1.54) is 6.07 Å². The molecular weight excluding hydrogens is 345 g/mol. The van der Waals surface area contributed by atoms with Crippen LogP contribution in [0.4, 0.5) is 13.2 Å². The fourth-order valence-corrected chi connectivity index (χ4v) is 2.99. The summed E-state index contributed by atoms with van der Waals surface area (Å²) in [5.41, 5.74) is 0.760. The second-order valence-corrected chi connectivity index (χ2v) is 6.27. The molecule has 3 rings (SSSR count). The molecule has 1 saturated heterocycles. The van der Waals surface area contributed by atoms with Crippen molar-refractivity contribution in [1.82, 2.24) is 9.88 Å². The molecule has 0 aliphatic carbocycles. The molecule has 0 bridgehead atoms.